The number of benzene rings is 3. The van der Waals surface area contributed by atoms with Gasteiger partial charge < -0.3 is 5.11 Å². The molecule has 0 saturated heterocycles. The predicted molar refractivity (Wildman–Crippen MR) is 129 cm³/mol. The van der Waals surface area contributed by atoms with Crippen LogP contribution in [0.3, 0.4) is 0 Å². The SMILES string of the molecule is Cc1cc(C)c(-c2ccc(-n3cc(C(C)(C)O)nc3-c3ccccc3C(F)(F)F)cc2)cc1C. The van der Waals surface area contributed by atoms with Gasteiger partial charge in [0, 0.05) is 17.4 Å². The van der Waals surface area contributed by atoms with Gasteiger partial charge in [-0.05, 0) is 80.6 Å². The molecule has 0 aliphatic carbocycles. The number of hydrogen-bond donors (Lipinski definition) is 1. The van der Waals surface area contributed by atoms with Crippen LogP contribution >= 0.6 is 0 Å². The lowest BCUT2D eigenvalue weighted by atomic mass is 9.95. The zero-order chi connectivity index (χ0) is 24.8. The van der Waals surface area contributed by atoms with Crippen molar-refractivity contribution >= 4 is 0 Å². The second kappa shape index (κ2) is 8.44. The number of rotatable bonds is 4. The van der Waals surface area contributed by atoms with Gasteiger partial charge in [-0.2, -0.15) is 13.2 Å². The molecule has 4 aromatic rings. The molecule has 0 saturated carbocycles. The maximum atomic E-state index is 13.8. The summed E-state index contributed by atoms with van der Waals surface area (Å²) in [7, 11) is 0. The smallest absolute Gasteiger partial charge is 0.384 e. The van der Waals surface area contributed by atoms with Crippen molar-refractivity contribution in [3.63, 3.8) is 0 Å². The Labute approximate surface area is 197 Å². The van der Waals surface area contributed by atoms with E-state index in [2.05, 4.69) is 37.9 Å². The van der Waals surface area contributed by atoms with E-state index < -0.39 is 17.3 Å². The first-order chi connectivity index (χ1) is 15.9. The highest BCUT2D eigenvalue weighted by atomic mass is 19.4. The Morgan fingerprint density at radius 1 is 0.794 bits per heavy atom. The zero-order valence-electron chi connectivity index (χ0n) is 19.8. The van der Waals surface area contributed by atoms with Crippen LogP contribution in [0.15, 0.2) is 66.9 Å². The fourth-order valence-electron chi connectivity index (χ4n) is 4.06. The first-order valence-corrected chi connectivity index (χ1v) is 11.0. The quantitative estimate of drug-likeness (QED) is 0.342. The second-order valence-corrected chi connectivity index (χ2v) is 9.22. The summed E-state index contributed by atoms with van der Waals surface area (Å²) in [6.07, 6.45) is -2.94. The number of hydrogen-bond acceptors (Lipinski definition) is 2. The van der Waals surface area contributed by atoms with Crippen LogP contribution in [0.1, 0.15) is 41.8 Å². The molecule has 176 valence electrons. The minimum absolute atomic E-state index is 0.0421. The van der Waals surface area contributed by atoms with E-state index in [-0.39, 0.29) is 17.1 Å². The van der Waals surface area contributed by atoms with Crippen LogP contribution < -0.4 is 0 Å². The summed E-state index contributed by atoms with van der Waals surface area (Å²) in [4.78, 5) is 4.43. The third kappa shape index (κ3) is 4.50. The molecule has 0 aliphatic heterocycles. The molecule has 0 unspecified atom stereocenters. The largest absolute Gasteiger partial charge is 0.417 e. The summed E-state index contributed by atoms with van der Waals surface area (Å²) < 4.78 is 42.9. The van der Waals surface area contributed by atoms with E-state index in [1.807, 2.05) is 24.3 Å². The molecule has 0 amide bonds. The number of alkyl halides is 3. The van der Waals surface area contributed by atoms with Crippen molar-refractivity contribution in [3.05, 3.63) is 94.8 Å². The molecule has 0 aliphatic rings. The Balaban J connectivity index is 1.86. The minimum Gasteiger partial charge on any atom is -0.384 e. The van der Waals surface area contributed by atoms with Crippen LogP contribution in [0.4, 0.5) is 13.2 Å². The maximum absolute atomic E-state index is 13.8. The monoisotopic (exact) mass is 464 g/mol. The van der Waals surface area contributed by atoms with E-state index in [9.17, 15) is 18.3 Å². The maximum Gasteiger partial charge on any atom is 0.417 e. The molecule has 0 atom stereocenters. The third-order valence-electron chi connectivity index (χ3n) is 6.10. The summed E-state index contributed by atoms with van der Waals surface area (Å²) in [6.45, 7) is 9.33. The lowest BCUT2D eigenvalue weighted by Gasteiger charge is -2.15. The Morgan fingerprint density at radius 2 is 1.41 bits per heavy atom. The molecule has 3 aromatic carbocycles. The number of imidazole rings is 1. The van der Waals surface area contributed by atoms with Gasteiger partial charge in [-0.1, -0.05) is 42.5 Å². The van der Waals surface area contributed by atoms with Gasteiger partial charge in [0.15, 0.2) is 0 Å². The molecule has 1 aromatic heterocycles. The van der Waals surface area contributed by atoms with Gasteiger partial charge in [-0.15, -0.1) is 0 Å². The minimum atomic E-state index is -4.53. The summed E-state index contributed by atoms with van der Waals surface area (Å²) in [5.41, 5.74) is 4.51. The van der Waals surface area contributed by atoms with Gasteiger partial charge in [-0.3, -0.25) is 4.57 Å². The van der Waals surface area contributed by atoms with Crippen LogP contribution in [0.2, 0.25) is 0 Å². The van der Waals surface area contributed by atoms with E-state index >= 15 is 0 Å². The normalized spacial score (nSPS) is 12.3. The van der Waals surface area contributed by atoms with E-state index in [1.54, 1.807) is 30.7 Å². The highest BCUT2D eigenvalue weighted by Gasteiger charge is 2.35. The summed E-state index contributed by atoms with van der Waals surface area (Å²) in [6, 6.07) is 17.3. The highest BCUT2D eigenvalue weighted by molar-refractivity contribution is 5.71. The molecule has 0 bridgehead atoms. The van der Waals surface area contributed by atoms with Crippen LogP contribution in [-0.4, -0.2) is 14.7 Å². The number of halogens is 3. The van der Waals surface area contributed by atoms with Crippen molar-refractivity contribution in [3.8, 4) is 28.2 Å². The highest BCUT2D eigenvalue weighted by Crippen LogP contribution is 2.38. The van der Waals surface area contributed by atoms with Crippen molar-refractivity contribution in [1.29, 1.82) is 0 Å². The van der Waals surface area contributed by atoms with Crippen molar-refractivity contribution in [2.45, 2.75) is 46.4 Å². The number of aryl methyl sites for hydroxylation is 3. The zero-order valence-corrected chi connectivity index (χ0v) is 19.8. The van der Waals surface area contributed by atoms with Gasteiger partial charge in [0.05, 0.1) is 11.3 Å². The van der Waals surface area contributed by atoms with Crippen molar-refractivity contribution in [1.82, 2.24) is 9.55 Å². The first kappa shape index (κ1) is 23.8. The van der Waals surface area contributed by atoms with Gasteiger partial charge in [0.1, 0.15) is 11.4 Å². The number of aromatic nitrogens is 2. The van der Waals surface area contributed by atoms with E-state index in [1.165, 1.54) is 23.3 Å². The lowest BCUT2D eigenvalue weighted by Crippen LogP contribution is -2.15. The Bertz CT molecular complexity index is 1340. The molecule has 1 N–H and O–H groups in total. The van der Waals surface area contributed by atoms with E-state index in [0.29, 0.717) is 5.69 Å². The van der Waals surface area contributed by atoms with E-state index in [4.69, 9.17) is 0 Å². The van der Waals surface area contributed by atoms with Crippen molar-refractivity contribution in [2.24, 2.45) is 0 Å². The Hall–Kier alpha value is -3.38. The Morgan fingerprint density at radius 3 is 2.03 bits per heavy atom. The lowest BCUT2D eigenvalue weighted by molar-refractivity contribution is -0.137. The first-order valence-electron chi connectivity index (χ1n) is 11.0. The molecular weight excluding hydrogens is 437 g/mol. The van der Waals surface area contributed by atoms with Crippen molar-refractivity contribution in [2.75, 3.05) is 0 Å². The van der Waals surface area contributed by atoms with Crippen LogP contribution in [0.5, 0.6) is 0 Å². The topological polar surface area (TPSA) is 38.0 Å². The summed E-state index contributed by atoms with van der Waals surface area (Å²) >= 11 is 0. The molecule has 34 heavy (non-hydrogen) atoms. The Kier molecular flexibility index (Phi) is 5.90. The van der Waals surface area contributed by atoms with Gasteiger partial charge in [0.25, 0.3) is 0 Å². The molecule has 0 fully saturated rings. The van der Waals surface area contributed by atoms with Crippen LogP contribution in [-0.2, 0) is 11.8 Å². The average Bonchev–Trinajstić information content (AvgIpc) is 3.22. The summed E-state index contributed by atoms with van der Waals surface area (Å²) in [5, 5.41) is 10.5. The second-order valence-electron chi connectivity index (χ2n) is 9.22. The molecule has 1 heterocycles. The number of aliphatic hydroxyl groups is 1. The van der Waals surface area contributed by atoms with Gasteiger partial charge in [-0.25, -0.2) is 4.98 Å². The van der Waals surface area contributed by atoms with Gasteiger partial charge in [0.2, 0.25) is 0 Å². The van der Waals surface area contributed by atoms with Crippen LogP contribution in [0.25, 0.3) is 28.2 Å². The average molecular weight is 465 g/mol. The molecule has 6 heteroatoms. The fraction of sp³-hybridized carbons (Fsp3) is 0.250. The predicted octanol–water partition coefficient (Wildman–Crippen LogP) is 7.38. The number of nitrogens with zero attached hydrogens (tertiary/aromatic N) is 2. The molecular formula is C28H27F3N2O. The summed E-state index contributed by atoms with van der Waals surface area (Å²) in [5.74, 6) is 0.125. The molecule has 0 radical (unpaired) electrons. The van der Waals surface area contributed by atoms with Crippen molar-refractivity contribution < 1.29 is 18.3 Å². The van der Waals surface area contributed by atoms with Gasteiger partial charge >= 0.3 is 6.18 Å². The standard InChI is InChI=1S/C28H27F3N2O/c1-17-14-19(3)23(15-18(17)2)20-10-12-21(13-11-20)33-16-25(27(4,5)34)32-26(33)22-8-6-7-9-24(22)28(29,30)31/h6-16,34H,1-5H3. The fourth-order valence-corrected chi connectivity index (χ4v) is 4.06. The van der Waals surface area contributed by atoms with E-state index in [0.717, 1.165) is 22.8 Å². The third-order valence-corrected chi connectivity index (χ3v) is 6.10. The molecule has 3 nitrogen and oxygen atoms in total. The van der Waals surface area contributed by atoms with Crippen LogP contribution in [0, 0.1) is 20.8 Å². The molecule has 0 spiro atoms. The molecule has 4 rings (SSSR count).